The third-order valence-electron chi connectivity index (χ3n) is 6.87. The molecule has 1 amide bonds. The number of aromatic amines is 1. The number of H-pyrrole nitrogens is 1. The zero-order valence-corrected chi connectivity index (χ0v) is 19.0. The topological polar surface area (TPSA) is 117 Å². The second-order valence-corrected chi connectivity index (χ2v) is 9.03. The zero-order chi connectivity index (χ0) is 25.6. The Balaban J connectivity index is 1.35. The van der Waals surface area contributed by atoms with Gasteiger partial charge in [0.1, 0.15) is 17.2 Å². The van der Waals surface area contributed by atoms with Gasteiger partial charge in [0.2, 0.25) is 0 Å². The molecule has 0 radical (unpaired) electrons. The first-order valence-corrected chi connectivity index (χ1v) is 11.5. The quantitative estimate of drug-likeness (QED) is 0.209. The number of piperidine rings is 1. The number of anilines is 1. The molecular formula is C24H23F4N5O3. The molecule has 0 unspecified atom stereocenters. The molecule has 1 aliphatic heterocycles. The van der Waals surface area contributed by atoms with E-state index in [2.05, 4.69) is 19.9 Å². The Labute approximate surface area is 202 Å². The lowest BCUT2D eigenvalue weighted by Crippen LogP contribution is -2.38. The number of hydrogen-bond acceptors (Lipinski definition) is 6. The van der Waals surface area contributed by atoms with E-state index in [4.69, 9.17) is 10.9 Å². The van der Waals surface area contributed by atoms with E-state index in [1.54, 1.807) is 4.90 Å². The number of fused-ring (bicyclic) bond motifs is 3. The van der Waals surface area contributed by atoms with Crippen molar-refractivity contribution in [3.8, 4) is 5.75 Å². The van der Waals surface area contributed by atoms with Crippen molar-refractivity contribution in [2.75, 3.05) is 18.8 Å². The van der Waals surface area contributed by atoms with Gasteiger partial charge in [-0.15, -0.1) is 13.2 Å². The maximum absolute atomic E-state index is 15.1. The lowest BCUT2D eigenvalue weighted by Gasteiger charge is -2.33. The number of rotatable bonds is 3. The standard InChI is InChI=1S/C24H23F4N5O3/c25-17-11-30-22-21(16-3-1-13(32-35)9-19(16)31-22)20(17)12-5-7-33(8-6-12)23(34)15-4-2-14(10-18(15)29)36-24(26,27)28/h2,4,10-12,35H,1,3,5-9,29H2,(H,30,31)/b32-13-. The van der Waals surface area contributed by atoms with Crippen molar-refractivity contribution in [3.63, 3.8) is 0 Å². The first-order chi connectivity index (χ1) is 17.1. The van der Waals surface area contributed by atoms with Gasteiger partial charge in [0, 0.05) is 47.9 Å². The van der Waals surface area contributed by atoms with Crippen LogP contribution >= 0.6 is 0 Å². The molecular weight excluding hydrogens is 482 g/mol. The van der Waals surface area contributed by atoms with E-state index >= 15 is 4.39 Å². The Hall–Kier alpha value is -3.83. The molecule has 0 saturated carbocycles. The number of pyridine rings is 1. The molecule has 0 spiro atoms. The number of ether oxygens (including phenoxy) is 1. The fourth-order valence-electron chi connectivity index (χ4n) is 5.22. The van der Waals surface area contributed by atoms with Crippen LogP contribution in [0.2, 0.25) is 0 Å². The number of likely N-dealkylation sites (tertiary alicyclic amines) is 1. The maximum Gasteiger partial charge on any atom is 0.573 e. The molecule has 8 nitrogen and oxygen atoms in total. The first-order valence-electron chi connectivity index (χ1n) is 11.5. The third-order valence-corrected chi connectivity index (χ3v) is 6.87. The molecule has 2 aliphatic rings. The van der Waals surface area contributed by atoms with Crippen molar-refractivity contribution < 1.29 is 32.3 Å². The van der Waals surface area contributed by atoms with Crippen LogP contribution in [0.25, 0.3) is 11.0 Å². The summed E-state index contributed by atoms with van der Waals surface area (Å²) >= 11 is 0. The average molecular weight is 505 g/mol. The summed E-state index contributed by atoms with van der Waals surface area (Å²) in [7, 11) is 0. The number of amides is 1. The van der Waals surface area contributed by atoms with E-state index < -0.39 is 23.8 Å². The summed E-state index contributed by atoms with van der Waals surface area (Å²) in [6.07, 6.45) is -1.03. The summed E-state index contributed by atoms with van der Waals surface area (Å²) < 4.78 is 56.3. The van der Waals surface area contributed by atoms with Crippen LogP contribution < -0.4 is 10.5 Å². The van der Waals surface area contributed by atoms with Crippen LogP contribution in [0.1, 0.15) is 52.4 Å². The summed E-state index contributed by atoms with van der Waals surface area (Å²) in [5, 5.41) is 13.2. The van der Waals surface area contributed by atoms with Gasteiger partial charge in [-0.25, -0.2) is 9.37 Å². The second kappa shape index (κ2) is 8.99. The zero-order valence-electron chi connectivity index (χ0n) is 19.0. The number of halogens is 4. The predicted octanol–water partition coefficient (Wildman–Crippen LogP) is 4.52. The minimum atomic E-state index is -4.86. The number of aromatic nitrogens is 2. The summed E-state index contributed by atoms with van der Waals surface area (Å²) in [5.74, 6) is -1.45. The van der Waals surface area contributed by atoms with E-state index in [1.165, 1.54) is 12.3 Å². The Morgan fingerprint density at radius 1 is 1.25 bits per heavy atom. The van der Waals surface area contributed by atoms with Gasteiger partial charge in [0.05, 0.1) is 17.5 Å². The lowest BCUT2D eigenvalue weighted by atomic mass is 9.84. The number of nitrogens with zero attached hydrogens (tertiary/aromatic N) is 3. The van der Waals surface area contributed by atoms with Gasteiger partial charge in [-0.3, -0.25) is 4.79 Å². The Morgan fingerprint density at radius 3 is 2.67 bits per heavy atom. The van der Waals surface area contributed by atoms with Crippen molar-refractivity contribution in [1.29, 1.82) is 0 Å². The number of oxime groups is 1. The fraction of sp³-hybridized carbons (Fsp3) is 0.375. The number of nitrogens with one attached hydrogen (secondary N) is 1. The Kier molecular flexibility index (Phi) is 5.97. The molecule has 1 fully saturated rings. The number of nitrogen functional groups attached to an aromatic ring is 1. The van der Waals surface area contributed by atoms with Crippen LogP contribution in [-0.2, 0) is 12.8 Å². The molecule has 4 N–H and O–H groups in total. The minimum Gasteiger partial charge on any atom is -0.411 e. The van der Waals surface area contributed by atoms with Crippen molar-refractivity contribution in [2.45, 2.75) is 44.4 Å². The number of hydrogen-bond donors (Lipinski definition) is 3. The fourth-order valence-corrected chi connectivity index (χ4v) is 5.22. The van der Waals surface area contributed by atoms with E-state index in [0.717, 1.165) is 28.8 Å². The molecule has 5 rings (SSSR count). The molecule has 1 aliphatic carbocycles. The normalized spacial score (nSPS) is 18.0. The number of aryl methyl sites for hydroxylation is 1. The summed E-state index contributed by atoms with van der Waals surface area (Å²) in [6.45, 7) is 0.669. The highest BCUT2D eigenvalue weighted by Gasteiger charge is 2.33. The Bertz CT molecular complexity index is 1360. The van der Waals surface area contributed by atoms with Gasteiger partial charge >= 0.3 is 6.36 Å². The van der Waals surface area contributed by atoms with Crippen LogP contribution in [0.3, 0.4) is 0 Å². The molecule has 1 aromatic carbocycles. The van der Waals surface area contributed by atoms with Gasteiger partial charge < -0.3 is 25.6 Å². The van der Waals surface area contributed by atoms with Gasteiger partial charge in [0.15, 0.2) is 0 Å². The van der Waals surface area contributed by atoms with Crippen LogP contribution in [0.15, 0.2) is 29.6 Å². The molecule has 1 saturated heterocycles. The van der Waals surface area contributed by atoms with Crippen molar-refractivity contribution in [1.82, 2.24) is 14.9 Å². The van der Waals surface area contributed by atoms with E-state index in [-0.39, 0.29) is 17.2 Å². The smallest absolute Gasteiger partial charge is 0.411 e. The highest BCUT2D eigenvalue weighted by atomic mass is 19.4. The molecule has 2 aromatic heterocycles. The number of carbonyl (C=O) groups excluding carboxylic acids is 1. The summed E-state index contributed by atoms with van der Waals surface area (Å²) in [5.41, 5.74) is 9.47. The third kappa shape index (κ3) is 4.42. The number of nitrogens with two attached hydrogens (primary N) is 1. The average Bonchev–Trinajstić information content (AvgIpc) is 3.20. The van der Waals surface area contributed by atoms with E-state index in [0.29, 0.717) is 62.1 Å². The molecule has 0 bridgehead atoms. The number of alkyl halides is 3. The monoisotopic (exact) mass is 505 g/mol. The second-order valence-electron chi connectivity index (χ2n) is 9.03. The summed E-state index contributed by atoms with van der Waals surface area (Å²) in [6, 6.07) is 3.24. The molecule has 3 heterocycles. The largest absolute Gasteiger partial charge is 0.573 e. The van der Waals surface area contributed by atoms with Crippen molar-refractivity contribution in [2.24, 2.45) is 5.16 Å². The molecule has 190 valence electrons. The van der Waals surface area contributed by atoms with Crippen molar-refractivity contribution >= 4 is 28.3 Å². The van der Waals surface area contributed by atoms with Crippen LogP contribution in [0.5, 0.6) is 5.75 Å². The van der Waals surface area contributed by atoms with Crippen molar-refractivity contribution in [3.05, 3.63) is 52.6 Å². The molecule has 36 heavy (non-hydrogen) atoms. The molecule has 3 aromatic rings. The number of carbonyl (C=O) groups is 1. The van der Waals surface area contributed by atoms with Crippen LogP contribution in [-0.4, -0.2) is 51.1 Å². The predicted molar refractivity (Wildman–Crippen MR) is 123 cm³/mol. The Morgan fingerprint density at radius 2 is 2.00 bits per heavy atom. The first kappa shape index (κ1) is 23.9. The SMILES string of the molecule is Nc1cc(OC(F)(F)F)ccc1C(=O)N1CCC(c2c(F)cnc3[nH]c4c(c23)CC/C(=N/O)C4)CC1. The van der Waals surface area contributed by atoms with Crippen LogP contribution in [0, 0.1) is 5.82 Å². The maximum atomic E-state index is 15.1. The lowest BCUT2D eigenvalue weighted by molar-refractivity contribution is -0.274. The highest BCUT2D eigenvalue weighted by Crippen LogP contribution is 2.39. The number of benzene rings is 1. The van der Waals surface area contributed by atoms with Gasteiger partial charge in [-0.1, -0.05) is 5.16 Å². The van der Waals surface area contributed by atoms with Gasteiger partial charge in [-0.05, 0) is 49.3 Å². The minimum absolute atomic E-state index is 0.0847. The van der Waals surface area contributed by atoms with E-state index in [1.807, 2.05) is 0 Å². The summed E-state index contributed by atoms with van der Waals surface area (Å²) in [4.78, 5) is 22.0. The highest BCUT2D eigenvalue weighted by molar-refractivity contribution is 5.99. The van der Waals surface area contributed by atoms with Gasteiger partial charge in [0.25, 0.3) is 5.91 Å². The van der Waals surface area contributed by atoms with E-state index in [9.17, 15) is 18.0 Å². The molecule has 0 atom stereocenters. The van der Waals surface area contributed by atoms with Crippen LogP contribution in [0.4, 0.5) is 23.2 Å². The molecule has 12 heteroatoms. The van der Waals surface area contributed by atoms with Gasteiger partial charge in [-0.2, -0.15) is 0 Å².